The van der Waals surface area contributed by atoms with Crippen molar-refractivity contribution in [2.45, 2.75) is 41.2 Å². The van der Waals surface area contributed by atoms with Crippen molar-refractivity contribution >= 4 is 140 Å². The Hall–Kier alpha value is -1.48. The van der Waals surface area contributed by atoms with E-state index in [1.165, 1.54) is 6.92 Å². The molecule has 0 unspecified atom stereocenters. The molecule has 0 saturated heterocycles. The molecular weight excluding hydrogens is 1320 g/mol. The molecule has 4 N–H and O–H groups in total. The summed E-state index contributed by atoms with van der Waals surface area (Å²) in [5, 5.41) is 55.8. The summed E-state index contributed by atoms with van der Waals surface area (Å²) in [7, 11) is -31.3. The van der Waals surface area contributed by atoms with E-state index >= 15 is 0 Å². The normalized spacial score (nSPS) is 12.0. The van der Waals surface area contributed by atoms with Crippen LogP contribution in [0.2, 0.25) is 0 Å². The van der Waals surface area contributed by atoms with Gasteiger partial charge in [0.25, 0.3) is 0 Å². The SMILES string of the molecule is C=CS(=O)(=O)c1ccc(S(=O)(=O)[O-])c(N=Nc2c(SOO[O-])cc3cc(S(=O)(=O)[O-])cc(Nc4nc(Nc5cc(S(=O)(=O)[O-])cc6cc(S(=O)(=O)[O-])c(N=Nc7ccc(S(=O)(=O)[O-])cc7)c(O)c56)nc(OCC)n4)c3c2O)c1.[Na+].[Na+].[Na+].[Na+].[Na+].[Na+]. The Morgan fingerprint density at radius 2 is 1.02 bits per heavy atom. The fourth-order valence-corrected chi connectivity index (χ4v) is 10.7. The fraction of sp³-hybridized carbons (Fsp3) is 0.0513. The van der Waals surface area contributed by atoms with Crippen LogP contribution in [0.5, 0.6) is 17.5 Å². The number of rotatable bonds is 20. The minimum absolute atomic E-state index is 0. The van der Waals surface area contributed by atoms with Crippen LogP contribution in [-0.4, -0.2) is 105 Å². The summed E-state index contributed by atoms with van der Waals surface area (Å²) in [6.45, 7) is 4.37. The predicted octanol–water partition coefficient (Wildman–Crippen LogP) is -14.0. The number of phenolic OH excluding ortho intramolecular Hbond substituents is 2. The second-order valence-electron chi connectivity index (χ2n) is 15.0. The average Bonchev–Trinajstić information content (AvgIpc) is 3.44. The third kappa shape index (κ3) is 19.5. The molecule has 0 spiro atoms. The van der Waals surface area contributed by atoms with E-state index in [0.29, 0.717) is 47.9 Å². The first kappa shape index (κ1) is 80.5. The molecule has 0 bridgehead atoms. The van der Waals surface area contributed by atoms with Crippen LogP contribution in [0.25, 0.3) is 21.5 Å². The van der Waals surface area contributed by atoms with Gasteiger partial charge < -0.3 is 53.6 Å². The van der Waals surface area contributed by atoms with Gasteiger partial charge in [0.05, 0.1) is 70.0 Å². The van der Waals surface area contributed by atoms with Gasteiger partial charge >= 0.3 is 183 Å². The number of nitrogens with one attached hydrogen (secondary N) is 2. The second kappa shape index (κ2) is 32.0. The zero-order valence-corrected chi connectivity index (χ0v) is 61.7. The number of sulfone groups is 1. The zero-order chi connectivity index (χ0) is 57.5. The number of fused-ring (bicyclic) bond motifs is 2. The van der Waals surface area contributed by atoms with Gasteiger partial charge in [0.15, 0.2) is 21.3 Å². The molecule has 0 fully saturated rings. The Kier molecular flexibility index (Phi) is 30.7. The smallest absolute Gasteiger partial charge is 0.744 e. The fourth-order valence-electron chi connectivity index (χ4n) is 6.76. The quantitative estimate of drug-likeness (QED) is 0.0137. The molecule has 0 aliphatic heterocycles. The molecule has 1 heterocycles. The summed E-state index contributed by atoms with van der Waals surface area (Å²) >= 11 is -0.0276. The van der Waals surface area contributed by atoms with E-state index < -0.39 is 174 Å². The molecule has 0 aliphatic carbocycles. The molecule has 0 atom stereocenters. The van der Waals surface area contributed by atoms with Crippen LogP contribution in [0.1, 0.15) is 6.92 Å². The van der Waals surface area contributed by atoms with Gasteiger partial charge in [0.2, 0.25) is 11.9 Å². The first-order valence-electron chi connectivity index (χ1n) is 20.2. The van der Waals surface area contributed by atoms with Crippen LogP contribution < -0.4 is 198 Å². The maximum absolute atomic E-state index is 12.6. The minimum Gasteiger partial charge on any atom is -0.744 e. The van der Waals surface area contributed by atoms with E-state index in [1.54, 1.807) is 0 Å². The van der Waals surface area contributed by atoms with E-state index in [2.05, 4.69) is 62.0 Å². The Morgan fingerprint density at radius 3 is 1.48 bits per heavy atom. The van der Waals surface area contributed by atoms with Crippen LogP contribution in [-0.2, 0) is 69.8 Å². The number of azo groups is 2. The molecule has 45 heteroatoms. The van der Waals surface area contributed by atoms with Gasteiger partial charge in [-0.3, -0.25) is 5.04 Å². The molecule has 7 rings (SSSR count). The number of aromatic nitrogens is 3. The number of nitrogens with zero attached hydrogens (tertiary/aromatic N) is 7. The van der Waals surface area contributed by atoms with Crippen molar-refractivity contribution in [2.24, 2.45) is 20.5 Å². The van der Waals surface area contributed by atoms with Crippen LogP contribution in [0.3, 0.4) is 0 Å². The maximum Gasteiger partial charge on any atom is 1.00 e. The van der Waals surface area contributed by atoms with Gasteiger partial charge in [-0.15, -0.1) is 15.3 Å². The number of phenols is 2. The molecule has 32 nitrogen and oxygen atoms in total. The van der Waals surface area contributed by atoms with Crippen LogP contribution in [0, 0.1) is 0 Å². The summed E-state index contributed by atoms with van der Waals surface area (Å²) < 4.78 is 218. The van der Waals surface area contributed by atoms with Crippen LogP contribution >= 0.6 is 12.0 Å². The molecule has 412 valence electrons. The van der Waals surface area contributed by atoms with E-state index in [9.17, 15) is 88.7 Å². The van der Waals surface area contributed by atoms with Gasteiger partial charge in [0.1, 0.15) is 67.7 Å². The number of aromatic hydroxyl groups is 2. The van der Waals surface area contributed by atoms with Crippen molar-refractivity contribution < 1.29 is 280 Å². The van der Waals surface area contributed by atoms with E-state index in [4.69, 9.17) is 4.74 Å². The van der Waals surface area contributed by atoms with Gasteiger partial charge in [-0.2, -0.15) is 24.4 Å². The number of hydrogen-bond acceptors (Lipinski definition) is 33. The second-order valence-corrected chi connectivity index (χ2v) is 24.4. The molecule has 0 radical (unpaired) electrons. The Balaban J connectivity index is 0.00000588. The zero-order valence-electron chi connectivity index (χ0n) is 44.0. The van der Waals surface area contributed by atoms with E-state index in [-0.39, 0.29) is 202 Å². The van der Waals surface area contributed by atoms with Gasteiger partial charge in [-0.1, -0.05) is 6.58 Å². The molecule has 0 amide bonds. The van der Waals surface area contributed by atoms with Crippen molar-refractivity contribution in [3.05, 3.63) is 90.8 Å². The number of benzene rings is 6. The summed E-state index contributed by atoms with van der Waals surface area (Å²) in [4.78, 5) is 5.68. The third-order valence-corrected chi connectivity index (χ3v) is 16.2. The first-order chi connectivity index (χ1) is 36.2. The molecular formula is C39H25N9Na6O23S7. The Morgan fingerprint density at radius 1 is 0.560 bits per heavy atom. The van der Waals surface area contributed by atoms with Crippen LogP contribution in [0.4, 0.5) is 46.0 Å². The molecule has 84 heavy (non-hydrogen) atoms. The summed E-state index contributed by atoms with van der Waals surface area (Å²) in [5.74, 6) is -3.82. The Labute approximate surface area is 613 Å². The summed E-state index contributed by atoms with van der Waals surface area (Å²) in [5.41, 5.74) is -4.43. The minimum atomic E-state index is -5.67. The number of anilines is 4. The van der Waals surface area contributed by atoms with Crippen molar-refractivity contribution in [1.82, 2.24) is 15.0 Å². The number of ether oxygens (including phenoxy) is 1. The Bertz CT molecular complexity index is 4450. The van der Waals surface area contributed by atoms with E-state index in [1.807, 2.05) is 0 Å². The third-order valence-electron chi connectivity index (χ3n) is 10.0. The van der Waals surface area contributed by atoms with Gasteiger partial charge in [0, 0.05) is 16.2 Å². The van der Waals surface area contributed by atoms with Gasteiger partial charge in [-0.25, -0.2) is 50.5 Å². The first-order valence-corrected chi connectivity index (χ1v) is 29.5. The monoisotopic (exact) mass is 1350 g/mol. The van der Waals surface area contributed by atoms with Gasteiger partial charge in [-0.05, 0) is 96.6 Å². The average molecular weight is 1350 g/mol. The predicted molar refractivity (Wildman–Crippen MR) is 255 cm³/mol. The standard InChI is InChI=1S/C39H31N9O23S7.6Na/c1-3-69-39-43-37(42-38(44-39)41-27-17-24(76(60,61)62)12-19-14-30(78(66,67)68)34(36(50)32(19)27)48-45-20-5-7-21(8-6-20)74(54,55)56)40-26-16-23(75(57,58)59)11-18-13-28(72-71-70-51)33(35(49)31(18)26)47-46-25-15-22(73(52,53)4-2)9-10-29(25)77(63,64)65;;;;;;/h4-17,49-51H,2-3H2,1H3,(H,54,55,56)(H,57,58,59)(H,60,61,62)(H,63,64,65)(H,66,67,68)(H2,40,41,42,43,44);;;;;;/q;6*+1/p-6. The van der Waals surface area contributed by atoms with E-state index in [0.717, 1.165) is 36.4 Å². The number of hydrogen-bond donors (Lipinski definition) is 4. The molecule has 7 aromatic rings. The van der Waals surface area contributed by atoms with Crippen molar-refractivity contribution in [3.8, 4) is 17.5 Å². The van der Waals surface area contributed by atoms with Crippen LogP contribution in [0.15, 0.2) is 146 Å². The molecule has 0 saturated carbocycles. The molecule has 1 aromatic heterocycles. The summed E-state index contributed by atoms with van der Waals surface area (Å²) in [6, 6.07) is 8.63. The largest absolute Gasteiger partial charge is 1.00 e. The summed E-state index contributed by atoms with van der Waals surface area (Å²) in [6.07, 6.45) is 0. The topological polar surface area (TPSA) is 524 Å². The molecule has 0 aliphatic rings. The maximum atomic E-state index is 12.6. The van der Waals surface area contributed by atoms with Crippen molar-refractivity contribution in [2.75, 3.05) is 17.2 Å². The van der Waals surface area contributed by atoms with Crippen molar-refractivity contribution in [1.29, 1.82) is 0 Å². The van der Waals surface area contributed by atoms with Crippen molar-refractivity contribution in [3.63, 3.8) is 0 Å². The molecule has 6 aromatic carbocycles.